The number of nitrogens with zero attached hydrogens (tertiary/aromatic N) is 3. The van der Waals surface area contributed by atoms with Crippen molar-refractivity contribution in [3.8, 4) is 5.69 Å². The largest absolute Gasteiger partial charge is 0.395 e. The van der Waals surface area contributed by atoms with Gasteiger partial charge in [-0.2, -0.15) is 0 Å². The SMILES string of the molecule is Cc1cc(C2C(c3ccccn3)NC(=S)N2CCO)c(C)n1-c1ccccc1F. The molecule has 3 heterocycles. The van der Waals surface area contributed by atoms with Crippen molar-refractivity contribution in [2.24, 2.45) is 0 Å². The number of halogens is 1. The zero-order chi connectivity index (χ0) is 20.5. The zero-order valence-electron chi connectivity index (χ0n) is 16.3. The van der Waals surface area contributed by atoms with E-state index in [1.165, 1.54) is 6.07 Å². The number of nitrogens with one attached hydrogen (secondary N) is 1. The number of aryl methyl sites for hydroxylation is 1. The Morgan fingerprint density at radius 1 is 1.17 bits per heavy atom. The van der Waals surface area contributed by atoms with Gasteiger partial charge in [0.05, 0.1) is 30.1 Å². The van der Waals surface area contributed by atoms with Gasteiger partial charge < -0.3 is 19.9 Å². The van der Waals surface area contributed by atoms with Gasteiger partial charge in [-0.15, -0.1) is 0 Å². The third-order valence-electron chi connectivity index (χ3n) is 5.42. The quantitative estimate of drug-likeness (QED) is 0.630. The number of rotatable bonds is 5. The fourth-order valence-electron chi connectivity index (χ4n) is 4.18. The molecule has 1 fully saturated rings. The monoisotopic (exact) mass is 410 g/mol. The number of aliphatic hydroxyl groups is 1. The van der Waals surface area contributed by atoms with E-state index in [0.717, 1.165) is 22.6 Å². The highest BCUT2D eigenvalue weighted by Gasteiger charge is 2.41. The molecule has 0 spiro atoms. The molecule has 2 atom stereocenters. The lowest BCUT2D eigenvalue weighted by molar-refractivity contribution is 0.223. The summed E-state index contributed by atoms with van der Waals surface area (Å²) >= 11 is 5.57. The molecule has 7 heteroatoms. The van der Waals surface area contributed by atoms with Gasteiger partial charge in [-0.05, 0) is 62.0 Å². The van der Waals surface area contributed by atoms with Crippen LogP contribution in [0.25, 0.3) is 5.69 Å². The predicted molar refractivity (Wildman–Crippen MR) is 114 cm³/mol. The van der Waals surface area contributed by atoms with Gasteiger partial charge in [-0.3, -0.25) is 4.98 Å². The number of benzene rings is 1. The molecule has 1 aliphatic heterocycles. The number of para-hydroxylation sites is 1. The number of hydrogen-bond acceptors (Lipinski definition) is 3. The third kappa shape index (κ3) is 3.41. The van der Waals surface area contributed by atoms with Crippen LogP contribution < -0.4 is 5.32 Å². The third-order valence-corrected chi connectivity index (χ3v) is 5.77. The van der Waals surface area contributed by atoms with Crippen LogP contribution in [0.4, 0.5) is 4.39 Å². The Hall–Kier alpha value is -2.77. The standard InChI is InChI=1S/C22H23FN4OS/c1-14-13-16(15(2)27(14)19-9-4-3-7-17(19)23)21-20(18-8-5-6-10-24-18)25-22(29)26(21)11-12-28/h3-10,13,20-21,28H,11-12H2,1-2H3,(H,25,29). The fraction of sp³-hybridized carbons (Fsp3) is 0.273. The van der Waals surface area contributed by atoms with Crippen molar-refractivity contribution >= 4 is 17.3 Å². The highest BCUT2D eigenvalue weighted by atomic mass is 32.1. The molecule has 29 heavy (non-hydrogen) atoms. The molecular weight excluding hydrogens is 387 g/mol. The van der Waals surface area contributed by atoms with E-state index in [2.05, 4.69) is 16.4 Å². The predicted octanol–water partition coefficient (Wildman–Crippen LogP) is 3.59. The maximum Gasteiger partial charge on any atom is 0.170 e. The van der Waals surface area contributed by atoms with E-state index in [1.54, 1.807) is 18.3 Å². The van der Waals surface area contributed by atoms with Crippen molar-refractivity contribution < 1.29 is 9.50 Å². The molecule has 1 saturated heterocycles. The Balaban J connectivity index is 1.85. The van der Waals surface area contributed by atoms with Crippen molar-refractivity contribution in [3.05, 3.63) is 83.2 Å². The topological polar surface area (TPSA) is 53.3 Å². The first-order valence-corrected chi connectivity index (χ1v) is 9.96. The van der Waals surface area contributed by atoms with E-state index in [1.807, 2.05) is 47.6 Å². The summed E-state index contributed by atoms with van der Waals surface area (Å²) in [6.45, 7) is 4.35. The van der Waals surface area contributed by atoms with Gasteiger partial charge in [0.25, 0.3) is 0 Å². The van der Waals surface area contributed by atoms with Crippen LogP contribution in [0.15, 0.2) is 54.7 Å². The first kappa shape index (κ1) is 19.5. The molecule has 0 amide bonds. The van der Waals surface area contributed by atoms with Crippen molar-refractivity contribution in [2.75, 3.05) is 13.2 Å². The minimum absolute atomic E-state index is 0.0146. The number of thiocarbonyl (C=S) groups is 1. The second-order valence-corrected chi connectivity index (χ2v) is 7.54. The van der Waals surface area contributed by atoms with Crippen molar-refractivity contribution in [2.45, 2.75) is 25.9 Å². The molecular formula is C22H23FN4OS. The maximum absolute atomic E-state index is 14.5. The van der Waals surface area contributed by atoms with Crippen LogP contribution in [0.3, 0.4) is 0 Å². The maximum atomic E-state index is 14.5. The molecule has 1 aromatic carbocycles. The average molecular weight is 411 g/mol. The average Bonchev–Trinajstić information content (AvgIpc) is 3.19. The highest BCUT2D eigenvalue weighted by molar-refractivity contribution is 7.80. The van der Waals surface area contributed by atoms with E-state index < -0.39 is 0 Å². The lowest BCUT2D eigenvalue weighted by atomic mass is 9.97. The second kappa shape index (κ2) is 7.93. The summed E-state index contributed by atoms with van der Waals surface area (Å²) in [5.41, 5.74) is 4.29. The smallest absolute Gasteiger partial charge is 0.170 e. The molecule has 0 saturated carbocycles. The van der Waals surface area contributed by atoms with Crippen LogP contribution >= 0.6 is 12.2 Å². The van der Waals surface area contributed by atoms with Crippen LogP contribution in [-0.2, 0) is 0 Å². The van der Waals surface area contributed by atoms with E-state index in [-0.39, 0.29) is 24.5 Å². The molecule has 2 unspecified atom stereocenters. The minimum atomic E-state index is -0.269. The lowest BCUT2D eigenvalue weighted by Crippen LogP contribution is -2.32. The normalized spacial score (nSPS) is 18.9. The zero-order valence-corrected chi connectivity index (χ0v) is 17.2. The second-order valence-electron chi connectivity index (χ2n) is 7.16. The lowest BCUT2D eigenvalue weighted by Gasteiger charge is -2.27. The molecule has 4 rings (SSSR count). The van der Waals surface area contributed by atoms with Gasteiger partial charge in [0.1, 0.15) is 5.82 Å². The van der Waals surface area contributed by atoms with Crippen molar-refractivity contribution in [1.29, 1.82) is 0 Å². The van der Waals surface area contributed by atoms with E-state index >= 15 is 0 Å². The van der Waals surface area contributed by atoms with Gasteiger partial charge in [0.2, 0.25) is 0 Å². The van der Waals surface area contributed by atoms with Crippen molar-refractivity contribution in [1.82, 2.24) is 19.8 Å². The Morgan fingerprint density at radius 2 is 1.93 bits per heavy atom. The molecule has 0 radical (unpaired) electrons. The first-order chi connectivity index (χ1) is 14.0. The Kier molecular flexibility index (Phi) is 5.34. The highest BCUT2D eigenvalue weighted by Crippen LogP contribution is 2.41. The van der Waals surface area contributed by atoms with Crippen LogP contribution in [0.2, 0.25) is 0 Å². The van der Waals surface area contributed by atoms with Crippen molar-refractivity contribution in [3.63, 3.8) is 0 Å². The summed E-state index contributed by atoms with van der Waals surface area (Å²) in [4.78, 5) is 6.51. The molecule has 3 aromatic rings. The number of hydrogen-bond donors (Lipinski definition) is 2. The Morgan fingerprint density at radius 3 is 2.62 bits per heavy atom. The molecule has 1 aliphatic rings. The Labute approximate surface area is 174 Å². The van der Waals surface area contributed by atoms with Gasteiger partial charge in [-0.1, -0.05) is 18.2 Å². The molecule has 2 N–H and O–H groups in total. The van der Waals surface area contributed by atoms with E-state index in [0.29, 0.717) is 17.3 Å². The number of aliphatic hydroxyl groups excluding tert-OH is 1. The fourth-order valence-corrected chi connectivity index (χ4v) is 4.52. The first-order valence-electron chi connectivity index (χ1n) is 9.55. The minimum Gasteiger partial charge on any atom is -0.395 e. The van der Waals surface area contributed by atoms with Crippen LogP contribution in [-0.4, -0.2) is 37.8 Å². The molecule has 2 aromatic heterocycles. The number of aromatic nitrogens is 2. The molecule has 0 bridgehead atoms. The van der Waals surface area contributed by atoms with E-state index in [4.69, 9.17) is 12.2 Å². The summed E-state index contributed by atoms with van der Waals surface area (Å²) < 4.78 is 16.4. The molecule has 0 aliphatic carbocycles. The summed E-state index contributed by atoms with van der Waals surface area (Å²) in [6, 6.07) is 14.3. The summed E-state index contributed by atoms with van der Waals surface area (Å²) in [7, 11) is 0. The van der Waals surface area contributed by atoms with Gasteiger partial charge >= 0.3 is 0 Å². The van der Waals surface area contributed by atoms with Gasteiger partial charge in [0.15, 0.2) is 5.11 Å². The number of β-amino-alcohol motifs (C(OH)–C–C–N with tert-alkyl or cyclic N) is 1. The van der Waals surface area contributed by atoms with Gasteiger partial charge in [0, 0.05) is 24.1 Å². The Bertz CT molecular complexity index is 1040. The van der Waals surface area contributed by atoms with Gasteiger partial charge in [-0.25, -0.2) is 4.39 Å². The summed E-state index contributed by atoms with van der Waals surface area (Å²) in [5.74, 6) is -0.269. The van der Waals surface area contributed by atoms with Crippen LogP contribution in [0.5, 0.6) is 0 Å². The van der Waals surface area contributed by atoms with E-state index in [9.17, 15) is 9.50 Å². The number of pyridine rings is 1. The van der Waals surface area contributed by atoms with Crippen LogP contribution in [0.1, 0.15) is 34.7 Å². The summed E-state index contributed by atoms with van der Waals surface area (Å²) in [5, 5.41) is 13.6. The summed E-state index contributed by atoms with van der Waals surface area (Å²) in [6.07, 6.45) is 1.76. The molecule has 5 nitrogen and oxygen atoms in total. The van der Waals surface area contributed by atoms with Crippen LogP contribution in [0, 0.1) is 19.7 Å². The molecule has 150 valence electrons.